The molecule has 0 radical (unpaired) electrons. The van der Waals surface area contributed by atoms with E-state index < -0.39 is 5.97 Å². The molecule has 0 aliphatic heterocycles. The first-order valence-electron chi connectivity index (χ1n) is 4.91. The van der Waals surface area contributed by atoms with Gasteiger partial charge in [-0.2, -0.15) is 0 Å². The van der Waals surface area contributed by atoms with Crippen LogP contribution in [0.5, 0.6) is 0 Å². The summed E-state index contributed by atoms with van der Waals surface area (Å²) in [5.74, 6) is -0.926. The van der Waals surface area contributed by atoms with Crippen molar-refractivity contribution in [1.82, 2.24) is 0 Å². The number of unbranched alkanes of at least 4 members (excludes halogenated alkanes) is 2. The Morgan fingerprint density at radius 3 is 2.57 bits per heavy atom. The monoisotopic (exact) mass is 194 g/mol. The first kappa shape index (κ1) is 12.7. The lowest BCUT2D eigenvalue weighted by atomic mass is 10.2. The maximum absolute atomic E-state index is 10.4. The Morgan fingerprint density at radius 2 is 2.00 bits per heavy atom. The van der Waals surface area contributed by atoms with Gasteiger partial charge in [-0.1, -0.05) is 50.6 Å². The fourth-order valence-electron chi connectivity index (χ4n) is 0.873. The minimum absolute atomic E-state index is 0.225. The Labute approximate surface area is 85.6 Å². The van der Waals surface area contributed by atoms with Crippen molar-refractivity contribution in [2.24, 2.45) is 0 Å². The summed E-state index contributed by atoms with van der Waals surface area (Å²) in [6.45, 7) is 5.58. The van der Waals surface area contributed by atoms with Gasteiger partial charge in [-0.25, -0.2) is 4.79 Å². The third kappa shape index (κ3) is 7.35. The maximum atomic E-state index is 10.4. The smallest absolute Gasteiger partial charge is 0.331 e. The van der Waals surface area contributed by atoms with E-state index in [1.807, 2.05) is 12.2 Å². The summed E-state index contributed by atoms with van der Waals surface area (Å²) in [5, 5.41) is 8.50. The van der Waals surface area contributed by atoms with Crippen LogP contribution >= 0.6 is 0 Å². The molecule has 2 nitrogen and oxygen atoms in total. The van der Waals surface area contributed by atoms with Crippen molar-refractivity contribution in [2.75, 3.05) is 0 Å². The zero-order valence-corrected chi connectivity index (χ0v) is 8.70. The molecule has 0 bridgehead atoms. The molecule has 0 aliphatic rings. The molecule has 1 N–H and O–H groups in total. The van der Waals surface area contributed by atoms with Crippen LogP contribution in [0.4, 0.5) is 0 Å². The van der Waals surface area contributed by atoms with Gasteiger partial charge in [-0.15, -0.1) is 0 Å². The molecule has 2 heteroatoms. The van der Waals surface area contributed by atoms with Crippen LogP contribution in [0.3, 0.4) is 0 Å². The first-order valence-corrected chi connectivity index (χ1v) is 4.91. The fraction of sp³-hybridized carbons (Fsp3) is 0.417. The van der Waals surface area contributed by atoms with E-state index in [4.69, 9.17) is 5.11 Å². The average Bonchev–Trinajstić information content (AvgIpc) is 2.16. The van der Waals surface area contributed by atoms with Gasteiger partial charge in [0.1, 0.15) is 0 Å². The summed E-state index contributed by atoms with van der Waals surface area (Å²) in [6, 6.07) is 0. The van der Waals surface area contributed by atoms with Crippen LogP contribution in [0.1, 0.15) is 32.6 Å². The molecule has 0 aromatic rings. The highest BCUT2D eigenvalue weighted by molar-refractivity contribution is 5.86. The zero-order chi connectivity index (χ0) is 10.8. The number of carboxylic acid groups (broad SMARTS) is 1. The minimum Gasteiger partial charge on any atom is -0.478 e. The molecule has 0 saturated heterocycles. The third-order valence-corrected chi connectivity index (χ3v) is 1.77. The predicted octanol–water partition coefficient (Wildman–Crippen LogP) is 3.32. The summed E-state index contributed by atoms with van der Waals surface area (Å²) in [5.41, 5.74) is 0.225. The van der Waals surface area contributed by atoms with Gasteiger partial charge < -0.3 is 5.11 Å². The van der Waals surface area contributed by atoms with Crippen LogP contribution < -0.4 is 0 Å². The fourth-order valence-corrected chi connectivity index (χ4v) is 0.873. The van der Waals surface area contributed by atoms with E-state index in [2.05, 4.69) is 19.6 Å². The van der Waals surface area contributed by atoms with Crippen molar-refractivity contribution >= 4 is 5.97 Å². The van der Waals surface area contributed by atoms with Crippen LogP contribution in [-0.4, -0.2) is 11.1 Å². The molecule has 78 valence electrons. The largest absolute Gasteiger partial charge is 0.478 e. The summed E-state index contributed by atoms with van der Waals surface area (Å²) in [4.78, 5) is 10.4. The lowest BCUT2D eigenvalue weighted by Gasteiger charge is -1.91. The predicted molar refractivity (Wildman–Crippen MR) is 59.2 cm³/mol. The Hall–Kier alpha value is -1.31. The number of rotatable bonds is 7. The van der Waals surface area contributed by atoms with Crippen molar-refractivity contribution in [3.63, 3.8) is 0 Å². The molecule has 0 heterocycles. The van der Waals surface area contributed by atoms with Crippen LogP contribution in [0.2, 0.25) is 0 Å². The molecule has 0 atom stereocenters. The minimum atomic E-state index is -0.926. The molecule has 0 spiro atoms. The van der Waals surface area contributed by atoms with Crippen molar-refractivity contribution in [3.05, 3.63) is 36.5 Å². The normalized spacial score (nSPS) is 11.2. The molecule has 0 aromatic heterocycles. The van der Waals surface area contributed by atoms with Gasteiger partial charge in [-0.3, -0.25) is 0 Å². The van der Waals surface area contributed by atoms with E-state index >= 15 is 0 Å². The number of hydrogen-bond donors (Lipinski definition) is 1. The summed E-state index contributed by atoms with van der Waals surface area (Å²) in [7, 11) is 0. The summed E-state index contributed by atoms with van der Waals surface area (Å²) < 4.78 is 0. The highest BCUT2D eigenvalue weighted by Gasteiger charge is 1.98. The van der Waals surface area contributed by atoms with Crippen LogP contribution in [0, 0.1) is 0 Å². The lowest BCUT2D eigenvalue weighted by molar-refractivity contribution is -0.132. The average molecular weight is 194 g/mol. The van der Waals surface area contributed by atoms with E-state index in [0.29, 0.717) is 6.42 Å². The van der Waals surface area contributed by atoms with Crippen molar-refractivity contribution in [1.29, 1.82) is 0 Å². The third-order valence-electron chi connectivity index (χ3n) is 1.77. The summed E-state index contributed by atoms with van der Waals surface area (Å²) >= 11 is 0. The number of carbonyl (C=O) groups is 1. The topological polar surface area (TPSA) is 37.3 Å². The van der Waals surface area contributed by atoms with E-state index in [9.17, 15) is 4.79 Å². The highest BCUT2D eigenvalue weighted by Crippen LogP contribution is 1.99. The Morgan fingerprint density at radius 1 is 1.36 bits per heavy atom. The van der Waals surface area contributed by atoms with Gasteiger partial charge in [-0.05, 0) is 12.8 Å². The molecule has 0 fully saturated rings. The standard InChI is InChI=1S/C12H18O2/c1-3-4-5-6-7-8-9-10-11(2)12(13)14/h6-9H,2-5,10H2,1H3,(H,13,14). The second-order valence-corrected chi connectivity index (χ2v) is 3.11. The molecule has 0 aliphatic carbocycles. The van der Waals surface area contributed by atoms with Crippen molar-refractivity contribution in [2.45, 2.75) is 32.6 Å². The zero-order valence-electron chi connectivity index (χ0n) is 8.70. The van der Waals surface area contributed by atoms with Gasteiger partial charge in [0.15, 0.2) is 0 Å². The molecule has 0 amide bonds. The maximum Gasteiger partial charge on any atom is 0.331 e. The van der Waals surface area contributed by atoms with E-state index in [0.717, 1.165) is 6.42 Å². The lowest BCUT2D eigenvalue weighted by Crippen LogP contribution is -1.96. The van der Waals surface area contributed by atoms with Gasteiger partial charge in [0.2, 0.25) is 0 Å². The number of hydrogen-bond acceptors (Lipinski definition) is 1. The number of allylic oxidation sites excluding steroid dienone is 4. The molecule has 14 heavy (non-hydrogen) atoms. The van der Waals surface area contributed by atoms with E-state index in [1.54, 1.807) is 6.08 Å². The Kier molecular flexibility index (Phi) is 7.52. The quantitative estimate of drug-likeness (QED) is 0.383. The van der Waals surface area contributed by atoms with Gasteiger partial charge >= 0.3 is 5.97 Å². The molecule has 0 rings (SSSR count). The second kappa shape index (κ2) is 8.30. The Balaban J connectivity index is 3.58. The highest BCUT2D eigenvalue weighted by atomic mass is 16.4. The first-order chi connectivity index (χ1) is 6.68. The summed E-state index contributed by atoms with van der Waals surface area (Å²) in [6.07, 6.45) is 11.6. The van der Waals surface area contributed by atoms with Crippen LogP contribution in [0.25, 0.3) is 0 Å². The van der Waals surface area contributed by atoms with Crippen LogP contribution in [-0.2, 0) is 4.79 Å². The molecule has 0 unspecified atom stereocenters. The molecular weight excluding hydrogens is 176 g/mol. The van der Waals surface area contributed by atoms with Gasteiger partial charge in [0.05, 0.1) is 0 Å². The van der Waals surface area contributed by atoms with E-state index in [-0.39, 0.29) is 5.57 Å². The molecular formula is C12H18O2. The second-order valence-electron chi connectivity index (χ2n) is 3.11. The molecule has 0 saturated carbocycles. The van der Waals surface area contributed by atoms with Crippen molar-refractivity contribution in [3.8, 4) is 0 Å². The van der Waals surface area contributed by atoms with Crippen molar-refractivity contribution < 1.29 is 9.90 Å². The Bertz CT molecular complexity index is 237. The molecule has 0 aromatic carbocycles. The van der Waals surface area contributed by atoms with Gasteiger partial charge in [0, 0.05) is 5.57 Å². The number of aliphatic carboxylic acids is 1. The van der Waals surface area contributed by atoms with E-state index in [1.165, 1.54) is 12.8 Å². The SMILES string of the molecule is C=C(CC=CC=CCCCC)C(=O)O. The van der Waals surface area contributed by atoms with Gasteiger partial charge in [0.25, 0.3) is 0 Å². The van der Waals surface area contributed by atoms with Crippen LogP contribution in [0.15, 0.2) is 36.5 Å². The number of carboxylic acids is 1.